The summed E-state index contributed by atoms with van der Waals surface area (Å²) in [6, 6.07) is 7.98. The van der Waals surface area contributed by atoms with Gasteiger partial charge in [0.25, 0.3) is 0 Å². The molecule has 2 unspecified atom stereocenters. The van der Waals surface area contributed by atoms with Crippen molar-refractivity contribution in [1.29, 1.82) is 0 Å². The van der Waals surface area contributed by atoms with Crippen LogP contribution in [0.3, 0.4) is 0 Å². The first kappa shape index (κ1) is 14.7. The van der Waals surface area contributed by atoms with E-state index in [-0.39, 0.29) is 18.0 Å². The van der Waals surface area contributed by atoms with Crippen LogP contribution < -0.4 is 5.32 Å². The molecule has 1 N–H and O–H groups in total. The van der Waals surface area contributed by atoms with Crippen molar-refractivity contribution in [2.45, 2.75) is 30.8 Å². The third-order valence-corrected chi connectivity index (χ3v) is 4.07. The van der Waals surface area contributed by atoms with E-state index in [4.69, 9.17) is 0 Å². The van der Waals surface area contributed by atoms with Crippen molar-refractivity contribution >= 4 is 17.7 Å². The molecule has 0 saturated heterocycles. The number of rotatable bonds is 5. The Balaban J connectivity index is 1.99. The van der Waals surface area contributed by atoms with Gasteiger partial charge in [-0.25, -0.2) is 4.98 Å². The fourth-order valence-corrected chi connectivity index (χ4v) is 2.35. The summed E-state index contributed by atoms with van der Waals surface area (Å²) < 4.78 is 1.79. The Morgan fingerprint density at radius 3 is 2.55 bits per heavy atom. The Bertz CT molecular complexity index is 551. The molecule has 1 amide bonds. The molecule has 0 saturated carbocycles. The Morgan fingerprint density at radius 2 is 2.00 bits per heavy atom. The first-order valence-corrected chi connectivity index (χ1v) is 7.76. The van der Waals surface area contributed by atoms with Gasteiger partial charge in [0.15, 0.2) is 0 Å². The van der Waals surface area contributed by atoms with Gasteiger partial charge in [-0.05, 0) is 37.8 Å². The summed E-state index contributed by atoms with van der Waals surface area (Å²) >= 11 is 1.71. The zero-order chi connectivity index (χ0) is 14.5. The molecule has 1 heterocycles. The number of hydrogen-bond donors (Lipinski definition) is 1. The number of aromatic nitrogens is 2. The molecule has 0 aliphatic heterocycles. The van der Waals surface area contributed by atoms with E-state index in [2.05, 4.69) is 34.6 Å². The largest absolute Gasteiger partial charge is 0.348 e. The van der Waals surface area contributed by atoms with Gasteiger partial charge in [-0.1, -0.05) is 12.1 Å². The highest BCUT2D eigenvalue weighted by atomic mass is 32.2. The maximum absolute atomic E-state index is 12.2. The van der Waals surface area contributed by atoms with Gasteiger partial charge in [0.1, 0.15) is 6.04 Å². The predicted molar refractivity (Wildman–Crippen MR) is 81.7 cm³/mol. The molecule has 0 radical (unpaired) electrons. The highest BCUT2D eigenvalue weighted by Gasteiger charge is 2.17. The van der Waals surface area contributed by atoms with Gasteiger partial charge in [-0.3, -0.25) is 4.79 Å². The average Bonchev–Trinajstić information content (AvgIpc) is 3.00. The van der Waals surface area contributed by atoms with Gasteiger partial charge < -0.3 is 9.88 Å². The lowest BCUT2D eigenvalue weighted by Crippen LogP contribution is -2.32. The first-order valence-electron chi connectivity index (χ1n) is 6.53. The van der Waals surface area contributed by atoms with E-state index in [1.807, 2.05) is 20.1 Å². The summed E-state index contributed by atoms with van der Waals surface area (Å²) in [5.74, 6) is -0.00977. The topological polar surface area (TPSA) is 46.9 Å². The second-order valence-corrected chi connectivity index (χ2v) is 5.57. The fourth-order valence-electron chi connectivity index (χ4n) is 1.94. The number of hydrogen-bond acceptors (Lipinski definition) is 3. The Kier molecular flexibility index (Phi) is 4.84. The normalized spacial score (nSPS) is 13.8. The number of benzene rings is 1. The van der Waals surface area contributed by atoms with Crippen LogP contribution >= 0.6 is 11.8 Å². The molecule has 0 bridgehead atoms. The van der Waals surface area contributed by atoms with Gasteiger partial charge in [0.2, 0.25) is 5.91 Å². The molecule has 2 aromatic rings. The number of carbonyl (C=O) groups excluding carboxylic acids is 1. The highest BCUT2D eigenvalue weighted by Crippen LogP contribution is 2.19. The van der Waals surface area contributed by atoms with Crippen LogP contribution in [-0.2, 0) is 4.79 Å². The molecule has 20 heavy (non-hydrogen) atoms. The maximum atomic E-state index is 12.2. The van der Waals surface area contributed by atoms with E-state index in [1.54, 1.807) is 35.0 Å². The molecule has 5 heteroatoms. The highest BCUT2D eigenvalue weighted by molar-refractivity contribution is 7.98. The number of carbonyl (C=O) groups is 1. The van der Waals surface area contributed by atoms with E-state index >= 15 is 0 Å². The van der Waals surface area contributed by atoms with Crippen LogP contribution in [0, 0.1) is 0 Å². The Hall–Kier alpha value is -1.75. The molecule has 106 valence electrons. The van der Waals surface area contributed by atoms with Crippen molar-refractivity contribution in [2.75, 3.05) is 6.26 Å². The summed E-state index contributed by atoms with van der Waals surface area (Å²) in [6.07, 6.45) is 7.17. The Morgan fingerprint density at radius 1 is 1.30 bits per heavy atom. The molecule has 0 fully saturated rings. The lowest BCUT2D eigenvalue weighted by molar-refractivity contribution is -0.124. The molecular formula is C15H19N3OS. The minimum Gasteiger partial charge on any atom is -0.348 e. The van der Waals surface area contributed by atoms with E-state index < -0.39 is 0 Å². The number of nitrogens with zero attached hydrogens (tertiary/aromatic N) is 2. The van der Waals surface area contributed by atoms with Crippen molar-refractivity contribution < 1.29 is 4.79 Å². The third-order valence-electron chi connectivity index (χ3n) is 3.33. The van der Waals surface area contributed by atoms with E-state index in [1.165, 1.54) is 4.90 Å². The second-order valence-electron chi connectivity index (χ2n) is 4.69. The van der Waals surface area contributed by atoms with Crippen molar-refractivity contribution in [1.82, 2.24) is 14.9 Å². The summed E-state index contributed by atoms with van der Waals surface area (Å²) in [7, 11) is 0. The molecule has 0 aliphatic rings. The summed E-state index contributed by atoms with van der Waals surface area (Å²) in [5.41, 5.74) is 1.11. The molecule has 1 aromatic carbocycles. The zero-order valence-corrected chi connectivity index (χ0v) is 12.7. The van der Waals surface area contributed by atoms with Gasteiger partial charge in [-0.15, -0.1) is 11.8 Å². The average molecular weight is 289 g/mol. The minimum absolute atomic E-state index is 0.00977. The second kappa shape index (κ2) is 6.61. The predicted octanol–water partition coefficient (Wildman–Crippen LogP) is 3.04. The number of nitrogens with one attached hydrogen (secondary N) is 1. The van der Waals surface area contributed by atoms with Crippen LogP contribution in [0.1, 0.15) is 31.5 Å². The third kappa shape index (κ3) is 3.42. The summed E-state index contributed by atoms with van der Waals surface area (Å²) in [5, 5.41) is 3.03. The van der Waals surface area contributed by atoms with Crippen LogP contribution in [-0.4, -0.2) is 21.7 Å². The van der Waals surface area contributed by atoms with Crippen LogP contribution in [0.2, 0.25) is 0 Å². The smallest absolute Gasteiger partial charge is 0.243 e. The number of thioether (sulfide) groups is 1. The molecular weight excluding hydrogens is 270 g/mol. The van der Waals surface area contributed by atoms with Gasteiger partial charge in [0, 0.05) is 17.3 Å². The van der Waals surface area contributed by atoms with Crippen LogP contribution in [0.25, 0.3) is 0 Å². The lowest BCUT2D eigenvalue weighted by atomic mass is 10.1. The molecule has 0 aliphatic carbocycles. The first-order chi connectivity index (χ1) is 9.61. The number of amides is 1. The standard InChI is InChI=1S/C15H19N3OS/c1-11(13-4-6-14(20-3)7-5-13)17-15(19)12(2)18-9-8-16-10-18/h4-12H,1-3H3,(H,17,19). The van der Waals surface area contributed by atoms with Crippen LogP contribution in [0.5, 0.6) is 0 Å². The molecule has 2 rings (SSSR count). The van der Waals surface area contributed by atoms with Crippen LogP contribution in [0.4, 0.5) is 0 Å². The van der Waals surface area contributed by atoms with Crippen molar-refractivity contribution in [3.05, 3.63) is 48.5 Å². The minimum atomic E-state index is -0.259. The van der Waals surface area contributed by atoms with Gasteiger partial charge >= 0.3 is 0 Å². The van der Waals surface area contributed by atoms with Crippen molar-refractivity contribution in [3.8, 4) is 0 Å². The zero-order valence-electron chi connectivity index (χ0n) is 11.9. The molecule has 0 spiro atoms. The van der Waals surface area contributed by atoms with Crippen LogP contribution in [0.15, 0.2) is 47.9 Å². The quantitative estimate of drug-likeness (QED) is 0.861. The SMILES string of the molecule is CSc1ccc(C(C)NC(=O)C(C)n2ccnc2)cc1. The van der Waals surface area contributed by atoms with E-state index in [0.29, 0.717) is 0 Å². The van der Waals surface area contributed by atoms with Crippen molar-refractivity contribution in [2.24, 2.45) is 0 Å². The van der Waals surface area contributed by atoms with Gasteiger partial charge in [0.05, 0.1) is 12.4 Å². The maximum Gasteiger partial charge on any atom is 0.243 e. The van der Waals surface area contributed by atoms with Crippen molar-refractivity contribution in [3.63, 3.8) is 0 Å². The fraction of sp³-hybridized carbons (Fsp3) is 0.333. The van der Waals surface area contributed by atoms with E-state index in [0.717, 1.165) is 5.56 Å². The molecule has 2 atom stereocenters. The molecule has 1 aromatic heterocycles. The Labute approximate surface area is 123 Å². The lowest BCUT2D eigenvalue weighted by Gasteiger charge is -2.18. The monoisotopic (exact) mass is 289 g/mol. The summed E-state index contributed by atoms with van der Waals surface area (Å²) in [6.45, 7) is 3.85. The van der Waals surface area contributed by atoms with E-state index in [9.17, 15) is 4.79 Å². The summed E-state index contributed by atoms with van der Waals surface area (Å²) in [4.78, 5) is 17.4. The number of imidazole rings is 1. The van der Waals surface area contributed by atoms with Gasteiger partial charge in [-0.2, -0.15) is 0 Å². The molecule has 4 nitrogen and oxygen atoms in total.